The minimum Gasteiger partial charge on any atom is -0.373 e. The third kappa shape index (κ3) is 1.85. The number of rotatable bonds is 1. The van der Waals surface area contributed by atoms with E-state index in [1.807, 2.05) is 35.0 Å². The fourth-order valence-electron chi connectivity index (χ4n) is 2.26. The lowest BCUT2D eigenvalue weighted by atomic mass is 10.1. The summed E-state index contributed by atoms with van der Waals surface area (Å²) < 4.78 is 1.85. The number of aryl methyl sites for hydroxylation is 1. The summed E-state index contributed by atoms with van der Waals surface area (Å²) in [5.74, 6) is 0.943. The van der Waals surface area contributed by atoms with Gasteiger partial charge in [-0.25, -0.2) is 4.98 Å². The Kier molecular flexibility index (Phi) is 2.65. The number of imidazole rings is 1. The van der Waals surface area contributed by atoms with Crippen molar-refractivity contribution in [2.24, 2.45) is 0 Å². The number of halogens is 1. The molecule has 0 amide bonds. The van der Waals surface area contributed by atoms with E-state index >= 15 is 0 Å². The summed E-state index contributed by atoms with van der Waals surface area (Å²) in [6, 6.07) is 7.64. The minimum absolute atomic E-state index is 0.442. The molecule has 0 radical (unpaired) electrons. The van der Waals surface area contributed by atoms with Gasteiger partial charge in [0.25, 0.3) is 0 Å². The Morgan fingerprint density at radius 1 is 1.35 bits per heavy atom. The molecule has 2 aromatic rings. The number of nitrogens with zero attached hydrogens (tertiary/aromatic N) is 2. The first-order valence-electron chi connectivity index (χ1n) is 5.76. The molecule has 0 saturated carbocycles. The average Bonchev–Trinajstić information content (AvgIpc) is 2.75. The van der Waals surface area contributed by atoms with Crippen LogP contribution in [0.4, 0.5) is 0 Å². The van der Waals surface area contributed by atoms with Crippen molar-refractivity contribution in [1.82, 2.24) is 9.55 Å². The average molecular weight is 249 g/mol. The van der Waals surface area contributed by atoms with Gasteiger partial charge in [0.2, 0.25) is 0 Å². The molecular weight excluding hydrogens is 236 g/mol. The number of aliphatic hydroxyl groups excluding tert-OH is 1. The highest BCUT2D eigenvalue weighted by Gasteiger charge is 2.20. The number of benzene rings is 1. The van der Waals surface area contributed by atoms with Gasteiger partial charge >= 0.3 is 0 Å². The van der Waals surface area contributed by atoms with Crippen LogP contribution < -0.4 is 0 Å². The maximum Gasteiger partial charge on any atom is 0.131 e. The number of hydrogen-bond acceptors (Lipinski definition) is 2. The van der Waals surface area contributed by atoms with Crippen LogP contribution in [-0.4, -0.2) is 14.7 Å². The lowest BCUT2D eigenvalue weighted by Gasteiger charge is -2.19. The second kappa shape index (κ2) is 4.17. The number of aromatic nitrogens is 2. The van der Waals surface area contributed by atoms with Gasteiger partial charge in [-0.15, -0.1) is 0 Å². The van der Waals surface area contributed by atoms with Crippen LogP contribution in [0.3, 0.4) is 0 Å². The quantitative estimate of drug-likeness (QED) is 0.842. The van der Waals surface area contributed by atoms with Crippen LogP contribution in [-0.2, 0) is 6.42 Å². The SMILES string of the molecule is OC1CCCc2nc(-c3ccccc3Cl)cn21. The summed E-state index contributed by atoms with van der Waals surface area (Å²) in [5, 5.41) is 10.6. The van der Waals surface area contributed by atoms with E-state index in [2.05, 4.69) is 4.98 Å². The molecule has 0 fully saturated rings. The lowest BCUT2D eigenvalue weighted by Crippen LogP contribution is -2.16. The Labute approximate surface area is 105 Å². The molecule has 88 valence electrons. The molecule has 0 bridgehead atoms. The van der Waals surface area contributed by atoms with Gasteiger partial charge in [0, 0.05) is 18.2 Å². The van der Waals surface area contributed by atoms with Gasteiger partial charge in [-0.05, 0) is 18.9 Å². The second-order valence-electron chi connectivity index (χ2n) is 4.30. The van der Waals surface area contributed by atoms with Crippen LogP contribution in [0.5, 0.6) is 0 Å². The van der Waals surface area contributed by atoms with Gasteiger partial charge < -0.3 is 9.67 Å². The molecule has 1 N–H and O–H groups in total. The highest BCUT2D eigenvalue weighted by molar-refractivity contribution is 6.33. The number of hydrogen-bond donors (Lipinski definition) is 1. The fourth-order valence-corrected chi connectivity index (χ4v) is 2.49. The van der Waals surface area contributed by atoms with E-state index in [1.165, 1.54) is 0 Å². The van der Waals surface area contributed by atoms with Crippen LogP contribution in [0, 0.1) is 0 Å². The van der Waals surface area contributed by atoms with E-state index in [-0.39, 0.29) is 0 Å². The first-order chi connectivity index (χ1) is 8.25. The van der Waals surface area contributed by atoms with E-state index in [1.54, 1.807) is 0 Å². The van der Waals surface area contributed by atoms with E-state index in [4.69, 9.17) is 11.6 Å². The molecule has 1 unspecified atom stereocenters. The standard InChI is InChI=1S/C13H13ClN2O/c14-10-5-2-1-4-9(10)11-8-16-12(15-11)6-3-7-13(16)17/h1-2,4-5,8,13,17H,3,6-7H2. The van der Waals surface area contributed by atoms with Crippen molar-refractivity contribution in [2.45, 2.75) is 25.5 Å². The Morgan fingerprint density at radius 2 is 2.18 bits per heavy atom. The van der Waals surface area contributed by atoms with Crippen molar-refractivity contribution in [3.8, 4) is 11.3 Å². The molecule has 1 aliphatic rings. The van der Waals surface area contributed by atoms with Crippen molar-refractivity contribution in [3.63, 3.8) is 0 Å². The molecule has 4 heteroatoms. The van der Waals surface area contributed by atoms with Gasteiger partial charge in [-0.3, -0.25) is 0 Å². The Morgan fingerprint density at radius 3 is 2.94 bits per heavy atom. The summed E-state index contributed by atoms with van der Waals surface area (Å²) in [5.41, 5.74) is 1.76. The zero-order valence-corrected chi connectivity index (χ0v) is 10.1. The van der Waals surface area contributed by atoms with Crippen LogP contribution in [0.25, 0.3) is 11.3 Å². The van der Waals surface area contributed by atoms with Crippen LogP contribution in [0.1, 0.15) is 24.9 Å². The van der Waals surface area contributed by atoms with Crippen molar-refractivity contribution >= 4 is 11.6 Å². The van der Waals surface area contributed by atoms with E-state index in [0.29, 0.717) is 5.02 Å². The molecule has 3 rings (SSSR count). The molecule has 2 heterocycles. The van der Waals surface area contributed by atoms with Crippen LogP contribution in [0.2, 0.25) is 5.02 Å². The maximum atomic E-state index is 9.88. The summed E-state index contributed by atoms with van der Waals surface area (Å²) >= 11 is 6.15. The molecule has 1 aliphatic heterocycles. The molecule has 1 atom stereocenters. The number of aliphatic hydroxyl groups is 1. The first-order valence-corrected chi connectivity index (χ1v) is 6.14. The number of fused-ring (bicyclic) bond motifs is 1. The molecule has 1 aromatic heterocycles. The van der Waals surface area contributed by atoms with E-state index in [0.717, 1.165) is 36.3 Å². The van der Waals surface area contributed by atoms with Crippen molar-refractivity contribution in [1.29, 1.82) is 0 Å². The summed E-state index contributed by atoms with van der Waals surface area (Å²) in [6.07, 6.45) is 4.15. The fraction of sp³-hybridized carbons (Fsp3) is 0.308. The predicted molar refractivity (Wildman–Crippen MR) is 66.9 cm³/mol. The molecule has 17 heavy (non-hydrogen) atoms. The van der Waals surface area contributed by atoms with E-state index < -0.39 is 6.23 Å². The zero-order valence-electron chi connectivity index (χ0n) is 9.31. The summed E-state index contributed by atoms with van der Waals surface area (Å²) in [6.45, 7) is 0. The van der Waals surface area contributed by atoms with Gasteiger partial charge in [-0.2, -0.15) is 0 Å². The summed E-state index contributed by atoms with van der Waals surface area (Å²) in [4.78, 5) is 4.55. The highest BCUT2D eigenvalue weighted by atomic mass is 35.5. The second-order valence-corrected chi connectivity index (χ2v) is 4.71. The summed E-state index contributed by atoms with van der Waals surface area (Å²) in [7, 11) is 0. The maximum absolute atomic E-state index is 9.88. The molecule has 3 nitrogen and oxygen atoms in total. The largest absolute Gasteiger partial charge is 0.373 e. The molecule has 1 aromatic carbocycles. The predicted octanol–water partition coefficient (Wildman–Crippen LogP) is 3.03. The molecule has 0 aliphatic carbocycles. The smallest absolute Gasteiger partial charge is 0.131 e. The molecule has 0 saturated heterocycles. The van der Waals surface area contributed by atoms with Gasteiger partial charge in [-0.1, -0.05) is 29.8 Å². The minimum atomic E-state index is -0.442. The molecule has 0 spiro atoms. The van der Waals surface area contributed by atoms with Gasteiger partial charge in [0.1, 0.15) is 12.1 Å². The van der Waals surface area contributed by atoms with Gasteiger partial charge in [0.15, 0.2) is 0 Å². The zero-order chi connectivity index (χ0) is 11.8. The van der Waals surface area contributed by atoms with Gasteiger partial charge in [0.05, 0.1) is 10.7 Å². The first kappa shape index (κ1) is 10.8. The van der Waals surface area contributed by atoms with Crippen molar-refractivity contribution in [2.75, 3.05) is 0 Å². The van der Waals surface area contributed by atoms with Crippen molar-refractivity contribution in [3.05, 3.63) is 41.3 Å². The highest BCUT2D eigenvalue weighted by Crippen LogP contribution is 2.30. The lowest BCUT2D eigenvalue weighted by molar-refractivity contribution is 0.0781. The third-order valence-electron chi connectivity index (χ3n) is 3.14. The molecular formula is C13H13ClN2O. The van der Waals surface area contributed by atoms with Crippen LogP contribution in [0.15, 0.2) is 30.5 Å². The Bertz CT molecular complexity index is 550. The van der Waals surface area contributed by atoms with E-state index in [9.17, 15) is 5.11 Å². The van der Waals surface area contributed by atoms with Crippen molar-refractivity contribution < 1.29 is 5.11 Å². The Hall–Kier alpha value is -1.32. The normalized spacial score (nSPS) is 19.1. The topological polar surface area (TPSA) is 38.1 Å². The van der Waals surface area contributed by atoms with Crippen LogP contribution >= 0.6 is 11.6 Å². The Balaban J connectivity index is 2.08. The monoisotopic (exact) mass is 248 g/mol. The third-order valence-corrected chi connectivity index (χ3v) is 3.47.